The molecule has 0 amide bonds. The molecule has 1 fully saturated rings. The fourth-order valence-electron chi connectivity index (χ4n) is 1.71. The van der Waals surface area contributed by atoms with E-state index in [-0.39, 0.29) is 17.8 Å². The van der Waals surface area contributed by atoms with Crippen LogP contribution in [-0.2, 0) is 9.53 Å². The van der Waals surface area contributed by atoms with Gasteiger partial charge in [0.15, 0.2) is 0 Å². The summed E-state index contributed by atoms with van der Waals surface area (Å²) in [7, 11) is 0. The third kappa shape index (κ3) is 2.14. The fourth-order valence-corrected chi connectivity index (χ4v) is 1.71. The van der Waals surface area contributed by atoms with E-state index in [1.54, 1.807) is 6.20 Å². The summed E-state index contributed by atoms with van der Waals surface area (Å²) in [5.74, 6) is 0.908. The summed E-state index contributed by atoms with van der Waals surface area (Å²) < 4.78 is 4.97. The van der Waals surface area contributed by atoms with E-state index in [0.717, 1.165) is 17.9 Å². The number of nitrogens with zero attached hydrogens (tertiary/aromatic N) is 2. The highest BCUT2D eigenvalue weighted by Crippen LogP contribution is 2.47. The molecule has 2 rings (SSSR count). The topological polar surface area (TPSA) is 52.1 Å². The van der Waals surface area contributed by atoms with Crippen LogP contribution >= 0.6 is 0 Å². The summed E-state index contributed by atoms with van der Waals surface area (Å²) in [6.45, 7) is 4.13. The molecule has 0 bridgehead atoms. The first kappa shape index (κ1) is 10.1. The predicted octanol–water partition coefficient (Wildman–Crippen LogP) is 1.45. The normalized spacial score (nSPS) is 23.6. The lowest BCUT2D eigenvalue weighted by molar-refractivity contribution is -0.144. The Hall–Kier alpha value is -1.45. The number of rotatable bonds is 3. The number of ether oxygens (including phenoxy) is 1. The smallest absolute Gasteiger partial charge is 0.309 e. The Morgan fingerprint density at radius 1 is 1.67 bits per heavy atom. The molecule has 0 aliphatic heterocycles. The Kier molecular flexibility index (Phi) is 2.66. The fraction of sp³-hybridized carbons (Fsp3) is 0.545. The Labute approximate surface area is 88.7 Å². The van der Waals surface area contributed by atoms with Gasteiger partial charge in [0.05, 0.1) is 12.5 Å². The van der Waals surface area contributed by atoms with Gasteiger partial charge < -0.3 is 4.74 Å². The Morgan fingerprint density at radius 2 is 2.47 bits per heavy atom. The molecule has 1 saturated carbocycles. The van der Waals surface area contributed by atoms with Crippen LogP contribution in [0.5, 0.6) is 0 Å². The van der Waals surface area contributed by atoms with Gasteiger partial charge in [-0.25, -0.2) is 9.97 Å². The van der Waals surface area contributed by atoms with Gasteiger partial charge in [-0.05, 0) is 26.3 Å². The van der Waals surface area contributed by atoms with Crippen molar-refractivity contribution in [3.8, 4) is 0 Å². The molecule has 4 heteroatoms. The lowest BCUT2D eigenvalue weighted by Crippen LogP contribution is -2.07. The van der Waals surface area contributed by atoms with Crippen molar-refractivity contribution in [2.24, 2.45) is 5.92 Å². The maximum atomic E-state index is 11.4. The number of carbonyl (C=O) groups excluding carboxylic acids is 1. The van der Waals surface area contributed by atoms with Crippen LogP contribution in [0, 0.1) is 12.8 Å². The molecule has 1 aromatic heterocycles. The van der Waals surface area contributed by atoms with E-state index in [1.165, 1.54) is 0 Å². The maximum absolute atomic E-state index is 11.4. The minimum Gasteiger partial charge on any atom is -0.466 e. The Balaban J connectivity index is 2.01. The molecule has 2 atom stereocenters. The average Bonchev–Trinajstić information content (AvgIpc) is 2.97. The highest BCUT2D eigenvalue weighted by molar-refractivity contribution is 5.77. The molecule has 0 saturated heterocycles. The summed E-state index contributed by atoms with van der Waals surface area (Å²) in [6, 6.07) is 1.87. The van der Waals surface area contributed by atoms with E-state index in [9.17, 15) is 4.79 Å². The van der Waals surface area contributed by atoms with Crippen molar-refractivity contribution in [2.45, 2.75) is 26.2 Å². The van der Waals surface area contributed by atoms with Crippen LogP contribution < -0.4 is 0 Å². The summed E-state index contributed by atoms with van der Waals surface area (Å²) in [5, 5.41) is 0. The summed E-state index contributed by atoms with van der Waals surface area (Å²) in [5.41, 5.74) is 0.959. The molecular weight excluding hydrogens is 192 g/mol. The summed E-state index contributed by atoms with van der Waals surface area (Å²) in [6.07, 6.45) is 2.59. The van der Waals surface area contributed by atoms with E-state index >= 15 is 0 Å². The Morgan fingerprint density at radius 3 is 3.13 bits per heavy atom. The zero-order chi connectivity index (χ0) is 10.8. The number of aryl methyl sites for hydroxylation is 1. The quantitative estimate of drug-likeness (QED) is 0.702. The first-order valence-corrected chi connectivity index (χ1v) is 5.18. The monoisotopic (exact) mass is 206 g/mol. The van der Waals surface area contributed by atoms with Crippen LogP contribution in [0.2, 0.25) is 0 Å². The number of carbonyl (C=O) groups is 1. The van der Waals surface area contributed by atoms with Crippen LogP contribution in [0.25, 0.3) is 0 Å². The van der Waals surface area contributed by atoms with Gasteiger partial charge in [0.1, 0.15) is 5.82 Å². The second-order valence-electron chi connectivity index (χ2n) is 3.73. The zero-order valence-electron chi connectivity index (χ0n) is 8.93. The van der Waals surface area contributed by atoms with Crippen molar-refractivity contribution >= 4 is 5.97 Å². The van der Waals surface area contributed by atoms with Crippen molar-refractivity contribution in [1.29, 1.82) is 0 Å². The maximum Gasteiger partial charge on any atom is 0.309 e. The van der Waals surface area contributed by atoms with Gasteiger partial charge >= 0.3 is 5.97 Å². The van der Waals surface area contributed by atoms with Crippen LogP contribution in [0.15, 0.2) is 12.3 Å². The molecule has 4 nitrogen and oxygen atoms in total. The molecule has 0 N–H and O–H groups in total. The second-order valence-corrected chi connectivity index (χ2v) is 3.73. The van der Waals surface area contributed by atoms with Crippen LogP contribution in [0.3, 0.4) is 0 Å². The molecular formula is C11H14N2O2. The van der Waals surface area contributed by atoms with Crippen LogP contribution in [-0.4, -0.2) is 22.5 Å². The molecule has 80 valence electrons. The molecule has 0 spiro atoms. The molecule has 1 aliphatic rings. The largest absolute Gasteiger partial charge is 0.466 e. The predicted molar refractivity (Wildman–Crippen MR) is 54.3 cm³/mol. The third-order valence-electron chi connectivity index (χ3n) is 2.56. The zero-order valence-corrected chi connectivity index (χ0v) is 8.93. The first-order valence-electron chi connectivity index (χ1n) is 5.18. The Bertz CT molecular complexity index is 379. The highest BCUT2D eigenvalue weighted by atomic mass is 16.5. The first-order chi connectivity index (χ1) is 7.22. The highest BCUT2D eigenvalue weighted by Gasteiger charge is 2.46. The van der Waals surface area contributed by atoms with Gasteiger partial charge in [-0.1, -0.05) is 0 Å². The van der Waals surface area contributed by atoms with Gasteiger partial charge in [-0.2, -0.15) is 0 Å². The van der Waals surface area contributed by atoms with Gasteiger partial charge in [0, 0.05) is 17.8 Å². The van der Waals surface area contributed by atoms with E-state index in [2.05, 4.69) is 9.97 Å². The molecule has 1 aliphatic carbocycles. The van der Waals surface area contributed by atoms with Gasteiger partial charge in [-0.15, -0.1) is 0 Å². The molecule has 0 aromatic carbocycles. The number of esters is 1. The minimum atomic E-state index is -0.0984. The van der Waals surface area contributed by atoms with Crippen molar-refractivity contribution in [1.82, 2.24) is 9.97 Å². The molecule has 0 unspecified atom stereocenters. The van der Waals surface area contributed by atoms with E-state index in [0.29, 0.717) is 6.61 Å². The lowest BCUT2D eigenvalue weighted by atomic mass is 10.2. The van der Waals surface area contributed by atoms with Gasteiger partial charge in [0.25, 0.3) is 0 Å². The molecule has 1 heterocycles. The molecule has 15 heavy (non-hydrogen) atoms. The van der Waals surface area contributed by atoms with E-state index < -0.39 is 0 Å². The summed E-state index contributed by atoms with van der Waals surface area (Å²) >= 11 is 0. The SMILES string of the molecule is CCOC(=O)[C@H]1C[C@@H]1c1ccnc(C)n1. The molecule has 1 aromatic rings. The number of aromatic nitrogens is 2. The van der Waals surface area contributed by atoms with E-state index in [1.807, 2.05) is 19.9 Å². The van der Waals surface area contributed by atoms with E-state index in [4.69, 9.17) is 4.74 Å². The van der Waals surface area contributed by atoms with Crippen molar-refractivity contribution in [2.75, 3.05) is 6.61 Å². The summed E-state index contributed by atoms with van der Waals surface area (Å²) in [4.78, 5) is 19.7. The van der Waals surface area contributed by atoms with Crippen LogP contribution in [0.1, 0.15) is 30.8 Å². The second kappa shape index (κ2) is 3.96. The van der Waals surface area contributed by atoms with Crippen molar-refractivity contribution < 1.29 is 9.53 Å². The number of hydrogen-bond donors (Lipinski definition) is 0. The van der Waals surface area contributed by atoms with Crippen molar-refractivity contribution in [3.05, 3.63) is 23.8 Å². The lowest BCUT2D eigenvalue weighted by Gasteiger charge is -2.01. The third-order valence-corrected chi connectivity index (χ3v) is 2.56. The number of hydrogen-bond acceptors (Lipinski definition) is 4. The minimum absolute atomic E-state index is 0.0132. The molecule has 0 radical (unpaired) electrons. The van der Waals surface area contributed by atoms with Crippen LogP contribution in [0.4, 0.5) is 0 Å². The van der Waals surface area contributed by atoms with Gasteiger partial charge in [-0.3, -0.25) is 4.79 Å². The van der Waals surface area contributed by atoms with Gasteiger partial charge in [0.2, 0.25) is 0 Å². The standard InChI is InChI=1S/C11H14N2O2/c1-3-15-11(14)9-6-8(9)10-4-5-12-7(2)13-10/h4-5,8-9H,3,6H2,1-2H3/t8-,9-/m0/s1. The average molecular weight is 206 g/mol. The van der Waals surface area contributed by atoms with Crippen molar-refractivity contribution in [3.63, 3.8) is 0 Å².